The number of carbonyl (C=O) groups is 4. The van der Waals surface area contributed by atoms with E-state index in [1.165, 1.54) is 33.8 Å². The normalized spacial score (nSPS) is 18.6. The molecular formula is C36H35N5O9S3. The summed E-state index contributed by atoms with van der Waals surface area (Å²) < 4.78 is 21.7. The average molecular weight is 778 g/mol. The molecule has 0 aliphatic carbocycles. The van der Waals surface area contributed by atoms with E-state index in [2.05, 4.69) is 10.1 Å². The van der Waals surface area contributed by atoms with Gasteiger partial charge in [0.2, 0.25) is 12.4 Å². The number of oxime groups is 1. The van der Waals surface area contributed by atoms with Gasteiger partial charge < -0.3 is 34.9 Å². The molecule has 1 fully saturated rings. The lowest BCUT2D eigenvalue weighted by atomic mass is 9.81. The van der Waals surface area contributed by atoms with Crippen LogP contribution in [0.1, 0.15) is 32.0 Å². The molecule has 1 unspecified atom stereocenters. The van der Waals surface area contributed by atoms with Gasteiger partial charge >= 0.3 is 11.9 Å². The van der Waals surface area contributed by atoms with E-state index < -0.39 is 52.5 Å². The number of thioether (sulfide) groups is 2. The number of methoxy groups -OCH3 is 1. The Morgan fingerprint density at radius 1 is 1.11 bits per heavy atom. The van der Waals surface area contributed by atoms with Crippen molar-refractivity contribution in [3.05, 3.63) is 94.2 Å². The maximum Gasteiger partial charge on any atom is 0.356 e. The molecule has 53 heavy (non-hydrogen) atoms. The minimum absolute atomic E-state index is 0.00230. The van der Waals surface area contributed by atoms with Gasteiger partial charge in [-0.15, -0.1) is 23.1 Å². The van der Waals surface area contributed by atoms with Gasteiger partial charge in [-0.3, -0.25) is 14.5 Å². The molecule has 2 aromatic carbocycles. The number of Topliss-reactive ketones (excluding diaryl/α,β-unsaturated/α-hetero) is 1. The van der Waals surface area contributed by atoms with E-state index in [1.54, 1.807) is 64.5 Å². The predicted octanol–water partition coefficient (Wildman–Crippen LogP) is 4.99. The first-order valence-corrected chi connectivity index (χ1v) is 18.8. The molecule has 1 amide bonds. The van der Waals surface area contributed by atoms with Crippen LogP contribution in [0.2, 0.25) is 0 Å². The number of carbonyl (C=O) groups excluding carboxylic acids is 4. The number of nitrogens with zero attached hydrogens (tertiary/aromatic N) is 3. The van der Waals surface area contributed by atoms with E-state index in [-0.39, 0.29) is 28.9 Å². The number of esters is 2. The molecule has 0 bridgehead atoms. The summed E-state index contributed by atoms with van der Waals surface area (Å²) in [5.41, 5.74) is 10.7. The number of hydrogen-bond donors (Lipinski definition) is 2. The van der Waals surface area contributed by atoms with Crippen molar-refractivity contribution >= 4 is 69.3 Å². The number of β-lactam (4-membered cyclic amide) rings is 1. The molecule has 14 nitrogen and oxygen atoms in total. The van der Waals surface area contributed by atoms with Crippen molar-refractivity contribution in [3.8, 4) is 17.1 Å². The highest BCUT2D eigenvalue weighted by atomic mass is 32.2. The summed E-state index contributed by atoms with van der Waals surface area (Å²) in [6, 6.07) is 18.2. The zero-order valence-corrected chi connectivity index (χ0v) is 31.5. The smallest absolute Gasteiger partial charge is 0.356 e. The Bertz CT molecular complexity index is 2070. The highest BCUT2D eigenvalue weighted by Crippen LogP contribution is 2.49. The van der Waals surface area contributed by atoms with Crippen LogP contribution in [0, 0.1) is 0 Å². The molecule has 0 radical (unpaired) electrons. The van der Waals surface area contributed by atoms with Crippen molar-refractivity contribution in [1.82, 2.24) is 9.88 Å². The van der Waals surface area contributed by atoms with E-state index >= 15 is 0 Å². The molecule has 0 spiro atoms. The van der Waals surface area contributed by atoms with E-state index in [0.29, 0.717) is 22.0 Å². The molecule has 2 aliphatic rings. The fraction of sp³-hybridized carbons (Fsp3) is 0.278. The van der Waals surface area contributed by atoms with E-state index in [0.717, 1.165) is 21.8 Å². The second-order valence-corrected chi connectivity index (χ2v) is 15.8. The van der Waals surface area contributed by atoms with Crippen LogP contribution in [0.5, 0.6) is 5.75 Å². The third kappa shape index (κ3) is 8.12. The minimum Gasteiger partial charge on any atom is -0.497 e. The first kappa shape index (κ1) is 37.7. The predicted molar refractivity (Wildman–Crippen MR) is 200 cm³/mol. The van der Waals surface area contributed by atoms with Gasteiger partial charge in [0.15, 0.2) is 16.4 Å². The first-order chi connectivity index (χ1) is 25.3. The lowest BCUT2D eigenvalue weighted by Crippen LogP contribution is -2.82. The van der Waals surface area contributed by atoms with Crippen molar-refractivity contribution in [2.45, 2.75) is 48.8 Å². The molecule has 17 heteroatoms. The molecule has 0 saturated carbocycles. The number of nitrogens with two attached hydrogens (primary N) is 2. The maximum absolute atomic E-state index is 14.2. The van der Waals surface area contributed by atoms with Crippen LogP contribution in [0.3, 0.4) is 0 Å². The number of aromatic nitrogens is 1. The molecule has 4 aromatic rings. The van der Waals surface area contributed by atoms with Crippen molar-refractivity contribution in [1.29, 1.82) is 0 Å². The first-order valence-electron chi connectivity index (χ1n) is 16.1. The van der Waals surface area contributed by atoms with Gasteiger partial charge in [0.1, 0.15) is 40.5 Å². The molecule has 2 aliphatic heterocycles. The lowest BCUT2D eigenvalue weighted by molar-refractivity contribution is -0.161. The number of benzene rings is 2. The number of furan rings is 1. The number of rotatable bonds is 13. The Kier molecular flexibility index (Phi) is 11.0. The number of ketones is 1. The fourth-order valence-corrected chi connectivity index (χ4v) is 8.45. The third-order valence-electron chi connectivity index (χ3n) is 7.81. The fourth-order valence-electron chi connectivity index (χ4n) is 5.36. The van der Waals surface area contributed by atoms with Crippen LogP contribution in [-0.4, -0.2) is 75.2 Å². The molecule has 1 saturated heterocycles. The van der Waals surface area contributed by atoms with Gasteiger partial charge in [-0.1, -0.05) is 41.2 Å². The summed E-state index contributed by atoms with van der Waals surface area (Å²) in [5.74, 6) is -1.74. The summed E-state index contributed by atoms with van der Waals surface area (Å²) >= 11 is 3.52. The number of anilines is 1. The molecule has 4 N–H and O–H groups in total. The van der Waals surface area contributed by atoms with Crippen LogP contribution in [0.15, 0.2) is 97.4 Å². The van der Waals surface area contributed by atoms with Crippen molar-refractivity contribution in [2.24, 2.45) is 10.9 Å². The maximum atomic E-state index is 14.2. The molecule has 2 atom stereocenters. The van der Waals surface area contributed by atoms with Gasteiger partial charge in [-0.2, -0.15) is 0 Å². The number of thiazole rings is 1. The number of amides is 1. The number of nitrogen functional groups attached to an aromatic ring is 1. The topological polar surface area (TPSA) is 199 Å². The lowest BCUT2D eigenvalue weighted by Gasteiger charge is -2.54. The molecule has 276 valence electrons. The standard InChI is InChI=1S/C36H35N5O9S3/c1-35(2,3)50-27(42)17-49-40-28(24-18-52-34(37)39-24)30(43)36(38)32(45)41-29(31(44)48-16-20-7-11-22(46-4)12-8-20)26(19-51-33(36)41)53-23-13-9-21(10-14-23)25-6-5-15-47-25/h5-15,18,33H,16-17,19,38H2,1-4H3,(H2,37,39)/t33-,36?/m0/s1. The molecule has 6 rings (SSSR count). The average Bonchev–Trinajstić information content (AvgIpc) is 3.84. The van der Waals surface area contributed by atoms with Crippen LogP contribution in [0.25, 0.3) is 11.3 Å². The quantitative estimate of drug-likeness (QED) is 0.0605. The van der Waals surface area contributed by atoms with E-state index in [1.807, 2.05) is 30.3 Å². The van der Waals surface area contributed by atoms with Gasteiger partial charge in [0.05, 0.1) is 13.4 Å². The Hall–Kier alpha value is -5.10. The van der Waals surface area contributed by atoms with Crippen molar-refractivity contribution in [3.63, 3.8) is 0 Å². The third-order valence-corrected chi connectivity index (χ3v) is 11.1. The zero-order valence-electron chi connectivity index (χ0n) is 29.0. The van der Waals surface area contributed by atoms with Crippen LogP contribution < -0.4 is 16.2 Å². The van der Waals surface area contributed by atoms with Crippen molar-refractivity contribution in [2.75, 3.05) is 25.2 Å². The summed E-state index contributed by atoms with van der Waals surface area (Å²) in [6.45, 7) is 4.35. The van der Waals surface area contributed by atoms with Crippen LogP contribution >= 0.6 is 34.9 Å². The zero-order chi connectivity index (χ0) is 37.9. The van der Waals surface area contributed by atoms with Crippen LogP contribution in [-0.2, 0) is 40.1 Å². The highest BCUT2D eigenvalue weighted by molar-refractivity contribution is 8.06. The summed E-state index contributed by atoms with van der Waals surface area (Å²) in [4.78, 5) is 66.4. The Labute approximate surface area is 316 Å². The Morgan fingerprint density at radius 2 is 1.85 bits per heavy atom. The Morgan fingerprint density at radius 3 is 2.47 bits per heavy atom. The minimum atomic E-state index is -2.18. The number of ether oxygens (including phenoxy) is 3. The van der Waals surface area contributed by atoms with Gasteiger partial charge in [-0.05, 0) is 62.7 Å². The monoisotopic (exact) mass is 777 g/mol. The second kappa shape index (κ2) is 15.5. The van der Waals surface area contributed by atoms with E-state index in [4.69, 9.17) is 34.9 Å². The van der Waals surface area contributed by atoms with Crippen molar-refractivity contribution < 1.29 is 42.6 Å². The number of hydrogen-bond acceptors (Lipinski definition) is 16. The number of fused-ring (bicyclic) bond motifs is 1. The summed E-state index contributed by atoms with van der Waals surface area (Å²) in [5, 5.41) is 4.45. The second-order valence-electron chi connectivity index (χ2n) is 12.7. The summed E-state index contributed by atoms with van der Waals surface area (Å²) in [6.07, 6.45) is 1.59. The van der Waals surface area contributed by atoms with E-state index in [9.17, 15) is 19.2 Å². The molecule has 4 heterocycles. The molecular weight excluding hydrogens is 743 g/mol. The van der Waals surface area contributed by atoms with Crippen LogP contribution in [0.4, 0.5) is 5.13 Å². The van der Waals surface area contributed by atoms with Gasteiger partial charge in [0, 0.05) is 26.5 Å². The van der Waals surface area contributed by atoms with Gasteiger partial charge in [0.25, 0.3) is 5.91 Å². The van der Waals surface area contributed by atoms with Gasteiger partial charge in [-0.25, -0.2) is 14.6 Å². The summed E-state index contributed by atoms with van der Waals surface area (Å²) in [7, 11) is 1.55. The molecule has 2 aromatic heterocycles. The largest absolute Gasteiger partial charge is 0.497 e. The SMILES string of the molecule is COc1ccc(COC(=O)C2=C(Sc3ccc(-c4ccco4)cc3)CS[C@@H]3N2C(=O)C3(N)C(=O)C(=NOCC(=O)OC(C)(C)C)c2csc(N)n2)cc1. The Balaban J connectivity index is 1.28. The highest BCUT2D eigenvalue weighted by Gasteiger charge is 2.68.